The van der Waals surface area contributed by atoms with Gasteiger partial charge in [0.25, 0.3) is 0 Å². The molecule has 0 saturated carbocycles. The van der Waals surface area contributed by atoms with Gasteiger partial charge in [-0.05, 0) is 42.5 Å². The maximum absolute atomic E-state index is 12.9. The van der Waals surface area contributed by atoms with Crippen molar-refractivity contribution in [3.8, 4) is 11.5 Å². The van der Waals surface area contributed by atoms with Gasteiger partial charge < -0.3 is 14.2 Å². The molecule has 0 aliphatic rings. The van der Waals surface area contributed by atoms with E-state index in [0.29, 0.717) is 22.8 Å². The first-order chi connectivity index (χ1) is 12.6. The Labute approximate surface area is 154 Å². The van der Waals surface area contributed by atoms with E-state index in [0.717, 1.165) is 5.01 Å². The first-order valence-corrected chi connectivity index (χ1v) is 8.65. The van der Waals surface area contributed by atoms with Crippen molar-refractivity contribution in [1.82, 2.24) is 4.98 Å². The maximum atomic E-state index is 12.9. The van der Waals surface area contributed by atoms with Gasteiger partial charge in [-0.3, -0.25) is 0 Å². The van der Waals surface area contributed by atoms with E-state index < -0.39 is 5.97 Å². The third kappa shape index (κ3) is 4.80. The second-order valence-corrected chi connectivity index (χ2v) is 6.23. The molecule has 0 radical (unpaired) electrons. The average Bonchev–Trinajstić information content (AvgIpc) is 3.13. The number of hydrogen-bond donors (Lipinski definition) is 0. The zero-order chi connectivity index (χ0) is 18.4. The second-order valence-electron chi connectivity index (χ2n) is 5.28. The Morgan fingerprint density at radius 1 is 1.12 bits per heavy atom. The van der Waals surface area contributed by atoms with Gasteiger partial charge in [-0.1, -0.05) is 6.07 Å². The summed E-state index contributed by atoms with van der Waals surface area (Å²) in [7, 11) is 1.54. The van der Waals surface area contributed by atoms with Crippen LogP contribution in [0.3, 0.4) is 0 Å². The molecule has 0 N–H and O–H groups in total. The number of nitrogens with zero attached hydrogens (tertiary/aromatic N) is 1. The van der Waals surface area contributed by atoms with Gasteiger partial charge in [0.2, 0.25) is 0 Å². The number of rotatable bonds is 7. The lowest BCUT2D eigenvalue weighted by Crippen LogP contribution is -2.06. The van der Waals surface area contributed by atoms with Gasteiger partial charge in [-0.15, -0.1) is 11.3 Å². The van der Waals surface area contributed by atoms with E-state index >= 15 is 0 Å². The number of benzene rings is 2. The van der Waals surface area contributed by atoms with E-state index in [1.807, 2.05) is 5.38 Å². The van der Waals surface area contributed by atoms with E-state index in [1.54, 1.807) is 36.4 Å². The molecule has 0 saturated heterocycles. The number of carbonyl (C=O) groups is 1. The summed E-state index contributed by atoms with van der Waals surface area (Å²) in [6.07, 6.45) is 0. The Bertz CT molecular complexity index is 879. The quantitative estimate of drug-likeness (QED) is 0.580. The lowest BCUT2D eigenvalue weighted by molar-refractivity contribution is 0.0467. The van der Waals surface area contributed by atoms with Crippen molar-refractivity contribution in [3.63, 3.8) is 0 Å². The number of ether oxygens (including phenoxy) is 3. The zero-order valence-electron chi connectivity index (χ0n) is 14.0. The van der Waals surface area contributed by atoms with Crippen LogP contribution in [-0.2, 0) is 18.0 Å². The van der Waals surface area contributed by atoms with Crippen molar-refractivity contribution in [3.05, 3.63) is 76.0 Å². The topological polar surface area (TPSA) is 57.7 Å². The minimum absolute atomic E-state index is 0.0725. The van der Waals surface area contributed by atoms with Gasteiger partial charge in [0.05, 0.1) is 18.4 Å². The molecule has 134 valence electrons. The number of aromatic nitrogens is 1. The minimum Gasteiger partial charge on any atom is -0.497 e. The molecule has 26 heavy (non-hydrogen) atoms. The van der Waals surface area contributed by atoms with Crippen molar-refractivity contribution < 1.29 is 23.4 Å². The van der Waals surface area contributed by atoms with Gasteiger partial charge in [0, 0.05) is 5.38 Å². The molecule has 2 aromatic carbocycles. The number of esters is 1. The highest BCUT2D eigenvalue weighted by molar-refractivity contribution is 7.09. The molecular weight excluding hydrogens is 357 g/mol. The summed E-state index contributed by atoms with van der Waals surface area (Å²) in [5.41, 5.74) is 1.06. The predicted octanol–water partition coefficient (Wildman–Crippen LogP) is 4.23. The van der Waals surface area contributed by atoms with Crippen LogP contribution in [-0.4, -0.2) is 18.1 Å². The van der Waals surface area contributed by atoms with Gasteiger partial charge in [0.1, 0.15) is 35.5 Å². The van der Waals surface area contributed by atoms with Gasteiger partial charge >= 0.3 is 5.97 Å². The van der Waals surface area contributed by atoms with Crippen LogP contribution in [0.1, 0.15) is 21.1 Å². The molecule has 5 nitrogen and oxygen atoms in total. The smallest absolute Gasteiger partial charge is 0.338 e. The SMILES string of the molecule is COc1cccc(C(=O)OCc2csc(COc3ccc(F)cc3)n2)c1. The average molecular weight is 373 g/mol. The van der Waals surface area contributed by atoms with E-state index in [2.05, 4.69) is 4.98 Å². The maximum Gasteiger partial charge on any atom is 0.338 e. The van der Waals surface area contributed by atoms with E-state index in [4.69, 9.17) is 14.2 Å². The van der Waals surface area contributed by atoms with Crippen molar-refractivity contribution in [1.29, 1.82) is 0 Å². The van der Waals surface area contributed by atoms with E-state index in [-0.39, 0.29) is 19.0 Å². The molecule has 0 fully saturated rings. The number of thiazole rings is 1. The monoisotopic (exact) mass is 373 g/mol. The third-order valence-electron chi connectivity index (χ3n) is 3.43. The summed E-state index contributed by atoms with van der Waals surface area (Å²) >= 11 is 1.40. The number of carbonyl (C=O) groups excluding carboxylic acids is 1. The molecule has 1 aromatic heterocycles. The predicted molar refractivity (Wildman–Crippen MR) is 95.0 cm³/mol. The molecule has 7 heteroatoms. The molecule has 3 rings (SSSR count). The fourth-order valence-corrected chi connectivity index (χ4v) is 2.82. The number of hydrogen-bond acceptors (Lipinski definition) is 6. The van der Waals surface area contributed by atoms with Crippen molar-refractivity contribution in [2.45, 2.75) is 13.2 Å². The van der Waals surface area contributed by atoms with Crippen molar-refractivity contribution in [2.75, 3.05) is 7.11 Å². The van der Waals surface area contributed by atoms with Crippen LogP contribution in [0, 0.1) is 5.82 Å². The molecule has 3 aromatic rings. The first kappa shape index (κ1) is 17.9. The van der Waals surface area contributed by atoms with Crippen molar-refractivity contribution in [2.24, 2.45) is 0 Å². The largest absolute Gasteiger partial charge is 0.497 e. The highest BCUT2D eigenvalue weighted by Crippen LogP contribution is 2.17. The van der Waals surface area contributed by atoms with Crippen LogP contribution < -0.4 is 9.47 Å². The standard InChI is InChI=1S/C19H16FNO4S/c1-23-17-4-2-3-13(9-17)19(22)25-10-15-12-26-18(21-15)11-24-16-7-5-14(20)6-8-16/h2-9,12H,10-11H2,1H3. The highest BCUT2D eigenvalue weighted by Gasteiger charge is 2.10. The Kier molecular flexibility index (Phi) is 5.80. The summed E-state index contributed by atoms with van der Waals surface area (Å²) < 4.78 is 28.8. The van der Waals surface area contributed by atoms with Crippen LogP contribution in [0.5, 0.6) is 11.5 Å². The molecule has 1 heterocycles. The molecule has 0 amide bonds. The van der Waals surface area contributed by atoms with Crippen LogP contribution in [0.25, 0.3) is 0 Å². The number of methoxy groups -OCH3 is 1. The molecule has 0 aliphatic carbocycles. The molecule has 0 unspecified atom stereocenters. The Hall–Kier alpha value is -2.93. The van der Waals surface area contributed by atoms with Crippen LogP contribution in [0.4, 0.5) is 4.39 Å². The van der Waals surface area contributed by atoms with Gasteiger partial charge in [-0.2, -0.15) is 0 Å². The van der Waals surface area contributed by atoms with Crippen LogP contribution in [0.15, 0.2) is 53.9 Å². The van der Waals surface area contributed by atoms with Gasteiger partial charge in [0.15, 0.2) is 0 Å². The molecular formula is C19H16FNO4S. The zero-order valence-corrected chi connectivity index (χ0v) is 14.8. The lowest BCUT2D eigenvalue weighted by Gasteiger charge is -2.05. The Morgan fingerprint density at radius 2 is 1.92 bits per heavy atom. The molecule has 0 bridgehead atoms. The summed E-state index contributed by atoms with van der Waals surface area (Å²) in [6, 6.07) is 12.5. The fourth-order valence-electron chi connectivity index (χ4n) is 2.13. The minimum atomic E-state index is -0.444. The molecule has 0 spiro atoms. The summed E-state index contributed by atoms with van der Waals surface area (Å²) in [5.74, 6) is 0.397. The van der Waals surface area contributed by atoms with E-state index in [9.17, 15) is 9.18 Å². The van der Waals surface area contributed by atoms with Gasteiger partial charge in [-0.25, -0.2) is 14.2 Å². The second kappa shape index (κ2) is 8.44. The highest BCUT2D eigenvalue weighted by atomic mass is 32.1. The van der Waals surface area contributed by atoms with E-state index in [1.165, 1.54) is 30.6 Å². The summed E-state index contributed by atoms with van der Waals surface area (Å²) in [4.78, 5) is 16.4. The van der Waals surface area contributed by atoms with Crippen LogP contribution >= 0.6 is 11.3 Å². The third-order valence-corrected chi connectivity index (χ3v) is 4.30. The van der Waals surface area contributed by atoms with Crippen LogP contribution in [0.2, 0.25) is 0 Å². The van der Waals surface area contributed by atoms with Crippen molar-refractivity contribution >= 4 is 17.3 Å². The normalized spacial score (nSPS) is 10.4. The molecule has 0 atom stereocenters. The lowest BCUT2D eigenvalue weighted by atomic mass is 10.2. The summed E-state index contributed by atoms with van der Waals surface area (Å²) in [6.45, 7) is 0.337. The fraction of sp³-hybridized carbons (Fsp3) is 0.158. The molecule has 0 aliphatic heterocycles. The summed E-state index contributed by atoms with van der Waals surface area (Å²) in [5, 5.41) is 2.55. The Morgan fingerprint density at radius 3 is 2.69 bits per heavy atom. The Balaban J connectivity index is 1.51. The first-order valence-electron chi connectivity index (χ1n) is 7.77. The number of halogens is 1.